The molecule has 0 spiro atoms. The maximum absolute atomic E-state index is 10.7. The van der Waals surface area contributed by atoms with Crippen LogP contribution in [0.3, 0.4) is 0 Å². The molecule has 0 amide bonds. The van der Waals surface area contributed by atoms with E-state index in [2.05, 4.69) is 35.8 Å². The average Bonchev–Trinajstić information content (AvgIpc) is 2.72. The van der Waals surface area contributed by atoms with E-state index in [0.717, 1.165) is 24.3 Å². The number of esters is 4. The molecule has 0 heterocycles. The van der Waals surface area contributed by atoms with Crippen LogP contribution in [-0.4, -0.2) is 63.0 Å². The standard InChI is InChI=1S/C10H14O5.C10H14O4/c1-3-9(11)14-7-5-13-6-8-15-10(12)4-2;1-4-9(11)13-7-6-8(3)14-10(12)5-2/h3-4H,1-2,5-8H2;4-5,8H,1-2,6-7H2,3H3. The monoisotopic (exact) mass is 412 g/mol. The van der Waals surface area contributed by atoms with E-state index in [1.807, 2.05) is 0 Å². The van der Waals surface area contributed by atoms with Gasteiger partial charge in [-0.05, 0) is 6.92 Å². The molecular formula is C20H28O9. The Bertz CT molecular complexity index is 542. The highest BCUT2D eigenvalue weighted by Gasteiger charge is 2.07. The Labute approximate surface area is 170 Å². The molecule has 0 rings (SSSR count). The third-order valence-corrected chi connectivity index (χ3v) is 2.70. The number of hydrogen-bond donors (Lipinski definition) is 0. The van der Waals surface area contributed by atoms with E-state index in [9.17, 15) is 19.2 Å². The van der Waals surface area contributed by atoms with E-state index in [0.29, 0.717) is 6.42 Å². The van der Waals surface area contributed by atoms with Crippen LogP contribution in [0.25, 0.3) is 0 Å². The molecule has 0 aromatic heterocycles. The van der Waals surface area contributed by atoms with Gasteiger partial charge in [0.15, 0.2) is 0 Å². The molecule has 1 unspecified atom stereocenters. The number of hydrogen-bond acceptors (Lipinski definition) is 9. The van der Waals surface area contributed by atoms with Crippen molar-refractivity contribution in [2.24, 2.45) is 0 Å². The Morgan fingerprint density at radius 1 is 0.655 bits per heavy atom. The van der Waals surface area contributed by atoms with Gasteiger partial charge in [-0.2, -0.15) is 0 Å². The zero-order valence-corrected chi connectivity index (χ0v) is 16.6. The Morgan fingerprint density at radius 3 is 1.41 bits per heavy atom. The van der Waals surface area contributed by atoms with E-state index in [-0.39, 0.29) is 39.1 Å². The predicted molar refractivity (Wildman–Crippen MR) is 105 cm³/mol. The molecule has 0 aliphatic carbocycles. The van der Waals surface area contributed by atoms with Gasteiger partial charge in [0.1, 0.15) is 19.3 Å². The SMILES string of the molecule is C=CC(=O)OCCC(C)OC(=O)C=C.C=CC(=O)OCCOCCOC(=O)C=C. The van der Waals surface area contributed by atoms with Crippen LogP contribution in [0, 0.1) is 0 Å². The third-order valence-electron chi connectivity index (χ3n) is 2.70. The van der Waals surface area contributed by atoms with Gasteiger partial charge in [-0.1, -0.05) is 26.3 Å². The number of rotatable bonds is 14. The smallest absolute Gasteiger partial charge is 0.330 e. The minimum atomic E-state index is -0.489. The van der Waals surface area contributed by atoms with Crippen molar-refractivity contribution in [3.8, 4) is 0 Å². The fraction of sp³-hybridized carbons (Fsp3) is 0.400. The van der Waals surface area contributed by atoms with Crippen LogP contribution in [-0.2, 0) is 42.9 Å². The molecule has 1 atom stereocenters. The topological polar surface area (TPSA) is 114 Å². The Kier molecular flexibility index (Phi) is 18.9. The first-order valence-electron chi connectivity index (χ1n) is 8.59. The number of ether oxygens (including phenoxy) is 5. The molecule has 0 N–H and O–H groups in total. The second-order valence-corrected chi connectivity index (χ2v) is 4.97. The molecule has 0 aromatic rings. The number of carbonyl (C=O) groups is 4. The Morgan fingerprint density at radius 2 is 1.03 bits per heavy atom. The van der Waals surface area contributed by atoms with Crippen LogP contribution in [0.15, 0.2) is 50.6 Å². The van der Waals surface area contributed by atoms with E-state index in [4.69, 9.17) is 14.2 Å². The molecule has 162 valence electrons. The van der Waals surface area contributed by atoms with Crippen LogP contribution < -0.4 is 0 Å². The summed E-state index contributed by atoms with van der Waals surface area (Å²) in [4.78, 5) is 42.4. The lowest BCUT2D eigenvalue weighted by atomic mass is 10.3. The third kappa shape index (κ3) is 21.0. The first-order chi connectivity index (χ1) is 13.8. The van der Waals surface area contributed by atoms with Gasteiger partial charge in [-0.15, -0.1) is 0 Å². The van der Waals surface area contributed by atoms with Crippen LogP contribution in [0.2, 0.25) is 0 Å². The van der Waals surface area contributed by atoms with E-state index in [1.165, 1.54) is 0 Å². The van der Waals surface area contributed by atoms with Gasteiger partial charge < -0.3 is 23.7 Å². The molecule has 0 radical (unpaired) electrons. The number of carbonyl (C=O) groups excluding carboxylic acids is 4. The summed E-state index contributed by atoms with van der Waals surface area (Å²) in [6.45, 7) is 15.7. The fourth-order valence-electron chi connectivity index (χ4n) is 1.31. The van der Waals surface area contributed by atoms with Crippen molar-refractivity contribution in [2.75, 3.05) is 33.0 Å². The van der Waals surface area contributed by atoms with Gasteiger partial charge in [0.25, 0.3) is 0 Å². The normalized spacial score (nSPS) is 10.1. The van der Waals surface area contributed by atoms with Gasteiger partial charge in [0.05, 0.1) is 19.8 Å². The Hall–Kier alpha value is -3.20. The lowest BCUT2D eigenvalue weighted by Gasteiger charge is -2.11. The first kappa shape index (κ1) is 28.0. The highest BCUT2D eigenvalue weighted by Crippen LogP contribution is 1.99. The second-order valence-electron chi connectivity index (χ2n) is 4.97. The molecule has 9 heteroatoms. The summed E-state index contributed by atoms with van der Waals surface area (Å²) in [6.07, 6.45) is 4.49. The molecule has 29 heavy (non-hydrogen) atoms. The van der Waals surface area contributed by atoms with Crippen molar-refractivity contribution in [1.29, 1.82) is 0 Å². The molecule has 0 bridgehead atoms. The lowest BCUT2D eigenvalue weighted by Crippen LogP contribution is -2.16. The van der Waals surface area contributed by atoms with Gasteiger partial charge >= 0.3 is 23.9 Å². The van der Waals surface area contributed by atoms with Crippen LogP contribution in [0.1, 0.15) is 13.3 Å². The average molecular weight is 412 g/mol. The van der Waals surface area contributed by atoms with Crippen LogP contribution in [0.4, 0.5) is 0 Å². The molecule has 0 aliphatic rings. The minimum Gasteiger partial charge on any atom is -0.462 e. The Balaban J connectivity index is 0. The lowest BCUT2D eigenvalue weighted by molar-refractivity contribution is -0.144. The zero-order valence-electron chi connectivity index (χ0n) is 16.6. The maximum Gasteiger partial charge on any atom is 0.330 e. The van der Waals surface area contributed by atoms with E-state index in [1.54, 1.807) is 6.92 Å². The van der Waals surface area contributed by atoms with Crippen LogP contribution in [0.5, 0.6) is 0 Å². The minimum absolute atomic E-state index is 0.153. The van der Waals surface area contributed by atoms with E-state index < -0.39 is 23.9 Å². The van der Waals surface area contributed by atoms with Gasteiger partial charge in [-0.25, -0.2) is 19.2 Å². The van der Waals surface area contributed by atoms with Crippen LogP contribution >= 0.6 is 0 Å². The first-order valence-corrected chi connectivity index (χ1v) is 8.59. The van der Waals surface area contributed by atoms with Crippen molar-refractivity contribution in [3.05, 3.63) is 50.6 Å². The maximum atomic E-state index is 10.7. The second kappa shape index (κ2) is 19.6. The van der Waals surface area contributed by atoms with Crippen molar-refractivity contribution in [1.82, 2.24) is 0 Å². The van der Waals surface area contributed by atoms with Crippen molar-refractivity contribution in [2.45, 2.75) is 19.4 Å². The summed E-state index contributed by atoms with van der Waals surface area (Å²) < 4.78 is 23.8. The molecule has 9 nitrogen and oxygen atoms in total. The van der Waals surface area contributed by atoms with Crippen molar-refractivity contribution < 1.29 is 42.9 Å². The largest absolute Gasteiger partial charge is 0.462 e. The molecule has 0 aliphatic heterocycles. The fourth-order valence-corrected chi connectivity index (χ4v) is 1.31. The summed E-state index contributed by atoms with van der Waals surface area (Å²) >= 11 is 0. The molecule has 0 aromatic carbocycles. The summed E-state index contributed by atoms with van der Waals surface area (Å²) in [7, 11) is 0. The highest BCUT2D eigenvalue weighted by atomic mass is 16.6. The summed E-state index contributed by atoms with van der Waals surface area (Å²) in [5, 5.41) is 0. The van der Waals surface area contributed by atoms with Crippen molar-refractivity contribution >= 4 is 23.9 Å². The van der Waals surface area contributed by atoms with Crippen molar-refractivity contribution in [3.63, 3.8) is 0 Å². The quantitative estimate of drug-likeness (QED) is 0.182. The predicted octanol–water partition coefficient (Wildman–Crippen LogP) is 1.68. The molecular weight excluding hydrogens is 384 g/mol. The summed E-state index contributed by atoms with van der Waals surface area (Å²) in [5.74, 6) is -1.94. The zero-order chi connectivity index (χ0) is 22.5. The summed E-state index contributed by atoms with van der Waals surface area (Å²) in [5.41, 5.74) is 0. The molecule has 0 saturated carbocycles. The highest BCUT2D eigenvalue weighted by molar-refractivity contribution is 5.82. The van der Waals surface area contributed by atoms with Gasteiger partial charge in [0, 0.05) is 30.7 Å². The van der Waals surface area contributed by atoms with E-state index >= 15 is 0 Å². The van der Waals surface area contributed by atoms with Gasteiger partial charge in [-0.3, -0.25) is 0 Å². The summed E-state index contributed by atoms with van der Waals surface area (Å²) in [6, 6.07) is 0. The van der Waals surface area contributed by atoms with Gasteiger partial charge in [0.2, 0.25) is 0 Å². The molecule has 0 fully saturated rings. The molecule has 0 saturated heterocycles.